The van der Waals surface area contributed by atoms with E-state index in [1.807, 2.05) is 18.2 Å². The maximum Gasteiger partial charge on any atom is 0.126 e. The third-order valence-electron chi connectivity index (χ3n) is 4.82. The van der Waals surface area contributed by atoms with E-state index in [-0.39, 0.29) is 5.60 Å². The molecule has 1 spiro atoms. The number of fused-ring (bicyclic) bond motifs is 1. The molecule has 3 rings (SSSR count). The van der Waals surface area contributed by atoms with E-state index in [2.05, 4.69) is 6.92 Å². The van der Waals surface area contributed by atoms with Crippen molar-refractivity contribution < 1.29 is 9.84 Å². The average Bonchev–Trinajstić information content (AvgIpc) is 2.41. The van der Waals surface area contributed by atoms with Crippen molar-refractivity contribution >= 4 is 11.6 Å². The van der Waals surface area contributed by atoms with E-state index < -0.39 is 6.10 Å². The molecule has 0 saturated heterocycles. The first-order valence-electron chi connectivity index (χ1n) is 7.28. The Morgan fingerprint density at radius 3 is 2.79 bits per heavy atom. The summed E-state index contributed by atoms with van der Waals surface area (Å²) in [6.45, 7) is 2.26. The van der Waals surface area contributed by atoms with Crippen LogP contribution in [0.2, 0.25) is 5.02 Å². The van der Waals surface area contributed by atoms with Crippen molar-refractivity contribution in [1.82, 2.24) is 0 Å². The Morgan fingerprint density at radius 2 is 2.11 bits per heavy atom. The van der Waals surface area contributed by atoms with Crippen molar-refractivity contribution in [1.29, 1.82) is 0 Å². The molecule has 0 radical (unpaired) electrons. The molecule has 1 aliphatic heterocycles. The van der Waals surface area contributed by atoms with Crippen LogP contribution in [0.4, 0.5) is 0 Å². The van der Waals surface area contributed by atoms with Gasteiger partial charge in [0.2, 0.25) is 0 Å². The largest absolute Gasteiger partial charge is 0.487 e. The van der Waals surface area contributed by atoms with Crippen molar-refractivity contribution in [3.05, 3.63) is 28.8 Å². The summed E-state index contributed by atoms with van der Waals surface area (Å²) in [7, 11) is 0. The molecule has 2 nitrogen and oxygen atoms in total. The van der Waals surface area contributed by atoms with Gasteiger partial charge in [-0.15, -0.1) is 0 Å². The number of benzene rings is 1. The summed E-state index contributed by atoms with van der Waals surface area (Å²) in [5.41, 5.74) is 0.696. The van der Waals surface area contributed by atoms with Crippen molar-refractivity contribution in [2.45, 2.75) is 57.2 Å². The first-order chi connectivity index (χ1) is 9.12. The van der Waals surface area contributed by atoms with Gasteiger partial charge < -0.3 is 9.84 Å². The molecule has 0 amide bonds. The summed E-state index contributed by atoms with van der Waals surface area (Å²) in [5, 5.41) is 11.0. The van der Waals surface area contributed by atoms with Gasteiger partial charge in [-0.25, -0.2) is 0 Å². The number of halogens is 1. The van der Waals surface area contributed by atoms with Gasteiger partial charge >= 0.3 is 0 Å². The van der Waals surface area contributed by atoms with Crippen LogP contribution in [0.3, 0.4) is 0 Å². The van der Waals surface area contributed by atoms with Crippen LogP contribution in [-0.2, 0) is 0 Å². The quantitative estimate of drug-likeness (QED) is 0.821. The average molecular weight is 281 g/mol. The maximum absolute atomic E-state index is 10.4. The Hall–Kier alpha value is -0.730. The van der Waals surface area contributed by atoms with E-state index in [1.165, 1.54) is 19.3 Å². The third-order valence-corrected chi connectivity index (χ3v) is 5.05. The Labute approximate surface area is 119 Å². The summed E-state index contributed by atoms with van der Waals surface area (Å²) >= 11 is 5.99. The monoisotopic (exact) mass is 280 g/mol. The molecule has 1 atom stereocenters. The van der Waals surface area contributed by atoms with E-state index in [0.29, 0.717) is 11.4 Å². The zero-order valence-corrected chi connectivity index (χ0v) is 12.1. The van der Waals surface area contributed by atoms with Crippen LogP contribution < -0.4 is 4.74 Å². The lowest BCUT2D eigenvalue weighted by Gasteiger charge is -2.45. The number of aliphatic hydroxyl groups excluding tert-OH is 1. The predicted molar refractivity (Wildman–Crippen MR) is 76.6 cm³/mol. The fourth-order valence-corrected chi connectivity index (χ4v) is 3.71. The lowest BCUT2D eigenvalue weighted by molar-refractivity contribution is -0.0470. The van der Waals surface area contributed by atoms with Gasteiger partial charge in [0.15, 0.2) is 0 Å². The molecular formula is C16H21ClO2. The van der Waals surface area contributed by atoms with Gasteiger partial charge in [-0.1, -0.05) is 24.9 Å². The van der Waals surface area contributed by atoms with Crippen molar-refractivity contribution in [3.8, 4) is 5.75 Å². The van der Waals surface area contributed by atoms with Crippen LogP contribution in [-0.4, -0.2) is 10.7 Å². The summed E-state index contributed by atoms with van der Waals surface area (Å²) in [6.07, 6.45) is 6.07. The topological polar surface area (TPSA) is 29.5 Å². The molecule has 0 aromatic heterocycles. The summed E-state index contributed by atoms with van der Waals surface area (Å²) < 4.78 is 6.26. The van der Waals surface area contributed by atoms with E-state index in [1.54, 1.807) is 0 Å². The van der Waals surface area contributed by atoms with Crippen LogP contribution in [0.5, 0.6) is 5.75 Å². The minimum Gasteiger partial charge on any atom is -0.487 e. The zero-order chi connectivity index (χ0) is 13.5. The molecule has 19 heavy (non-hydrogen) atoms. The first kappa shape index (κ1) is 13.3. The van der Waals surface area contributed by atoms with Gasteiger partial charge in [-0.3, -0.25) is 0 Å². The number of rotatable bonds is 1. The van der Waals surface area contributed by atoms with Gasteiger partial charge in [0.1, 0.15) is 11.4 Å². The minimum absolute atomic E-state index is 0.147. The Morgan fingerprint density at radius 1 is 1.37 bits per heavy atom. The molecule has 2 aliphatic rings. The molecule has 1 N–H and O–H groups in total. The van der Waals surface area contributed by atoms with Crippen LogP contribution in [0.25, 0.3) is 0 Å². The summed E-state index contributed by atoms with van der Waals surface area (Å²) in [4.78, 5) is 0. The molecule has 1 fully saturated rings. The molecule has 104 valence electrons. The Kier molecular flexibility index (Phi) is 3.48. The third kappa shape index (κ3) is 2.48. The highest BCUT2D eigenvalue weighted by Gasteiger charge is 2.42. The molecular weight excluding hydrogens is 260 g/mol. The van der Waals surface area contributed by atoms with Gasteiger partial charge in [0.25, 0.3) is 0 Å². The molecule has 1 aliphatic carbocycles. The van der Waals surface area contributed by atoms with Gasteiger partial charge in [0, 0.05) is 17.0 Å². The maximum atomic E-state index is 10.4. The van der Waals surface area contributed by atoms with Crippen LogP contribution in [0.15, 0.2) is 18.2 Å². The lowest BCUT2D eigenvalue weighted by atomic mass is 9.73. The molecule has 3 heteroatoms. The Bertz CT molecular complexity index is 464. The van der Waals surface area contributed by atoms with Crippen LogP contribution >= 0.6 is 11.6 Å². The number of aliphatic hydroxyl groups is 1. The molecule has 1 aromatic rings. The van der Waals surface area contributed by atoms with Crippen molar-refractivity contribution in [2.75, 3.05) is 0 Å². The van der Waals surface area contributed by atoms with E-state index in [9.17, 15) is 5.11 Å². The van der Waals surface area contributed by atoms with Crippen molar-refractivity contribution in [3.63, 3.8) is 0 Å². The number of hydrogen-bond donors (Lipinski definition) is 1. The standard InChI is InChI=1S/C16H21ClO2/c1-2-11-5-7-16(8-6-11)10-14(18)13-9-12(17)3-4-15(13)19-16/h3-4,9,11,14,18H,2,5-8,10H2,1H3/t11?,14-,16?/m0/s1. The zero-order valence-electron chi connectivity index (χ0n) is 11.4. The van der Waals surface area contributed by atoms with E-state index >= 15 is 0 Å². The molecule has 0 unspecified atom stereocenters. The molecule has 1 saturated carbocycles. The fourth-order valence-electron chi connectivity index (χ4n) is 3.53. The molecule has 1 heterocycles. The normalized spacial score (nSPS) is 33.8. The number of ether oxygens (including phenoxy) is 1. The summed E-state index contributed by atoms with van der Waals surface area (Å²) in [6, 6.07) is 5.56. The summed E-state index contributed by atoms with van der Waals surface area (Å²) in [5.74, 6) is 1.65. The highest BCUT2D eigenvalue weighted by atomic mass is 35.5. The molecule has 1 aromatic carbocycles. The van der Waals surface area contributed by atoms with E-state index in [4.69, 9.17) is 16.3 Å². The lowest BCUT2D eigenvalue weighted by Crippen LogP contribution is -2.44. The number of hydrogen-bond acceptors (Lipinski definition) is 2. The van der Waals surface area contributed by atoms with Crippen molar-refractivity contribution in [2.24, 2.45) is 5.92 Å². The second kappa shape index (κ2) is 4.99. The predicted octanol–water partition coefficient (Wildman–Crippen LogP) is 4.49. The second-order valence-electron chi connectivity index (χ2n) is 6.04. The SMILES string of the molecule is CCC1CCC2(CC1)C[C@H](O)c1cc(Cl)ccc1O2. The Balaban J connectivity index is 1.83. The van der Waals surface area contributed by atoms with Gasteiger partial charge in [-0.2, -0.15) is 0 Å². The fraction of sp³-hybridized carbons (Fsp3) is 0.625. The first-order valence-corrected chi connectivity index (χ1v) is 7.66. The van der Waals surface area contributed by atoms with Crippen LogP contribution in [0, 0.1) is 5.92 Å². The molecule has 0 bridgehead atoms. The smallest absolute Gasteiger partial charge is 0.126 e. The second-order valence-corrected chi connectivity index (χ2v) is 6.48. The van der Waals surface area contributed by atoms with E-state index in [0.717, 1.165) is 30.1 Å². The minimum atomic E-state index is -0.444. The van der Waals surface area contributed by atoms with Gasteiger partial charge in [-0.05, 0) is 49.8 Å². The van der Waals surface area contributed by atoms with Crippen LogP contribution in [0.1, 0.15) is 57.1 Å². The highest BCUT2D eigenvalue weighted by Crippen LogP contribution is 2.47. The van der Waals surface area contributed by atoms with Gasteiger partial charge in [0.05, 0.1) is 6.10 Å². The highest BCUT2D eigenvalue weighted by molar-refractivity contribution is 6.30.